The van der Waals surface area contributed by atoms with Gasteiger partial charge in [0.15, 0.2) is 0 Å². The quantitative estimate of drug-likeness (QED) is 0.767. The van der Waals surface area contributed by atoms with E-state index in [-0.39, 0.29) is 0 Å². The molecule has 1 unspecified atom stereocenters. The molecule has 0 saturated carbocycles. The van der Waals surface area contributed by atoms with E-state index in [1.165, 1.54) is 0 Å². The minimum Gasteiger partial charge on any atom is -0.480 e. The molecule has 0 spiro atoms. The summed E-state index contributed by atoms with van der Waals surface area (Å²) in [6.45, 7) is 3.93. The van der Waals surface area contributed by atoms with E-state index in [2.05, 4.69) is 5.32 Å². The van der Waals surface area contributed by atoms with Crippen molar-refractivity contribution in [2.45, 2.75) is 19.9 Å². The Balaban J connectivity index is 3.10. The first kappa shape index (κ1) is 10.7. The summed E-state index contributed by atoms with van der Waals surface area (Å²) in [5.41, 5.74) is 2.97. The number of nitrogens with one attached hydrogen (secondary N) is 1. The van der Waals surface area contributed by atoms with Crippen molar-refractivity contribution in [3.63, 3.8) is 0 Å². The maximum Gasteiger partial charge on any atom is 0.325 e. The van der Waals surface area contributed by atoms with E-state index >= 15 is 0 Å². The minimum atomic E-state index is -0.850. The molecule has 2 N–H and O–H groups in total. The second-order valence-corrected chi connectivity index (χ2v) is 3.48. The lowest BCUT2D eigenvalue weighted by Crippen LogP contribution is -2.25. The van der Waals surface area contributed by atoms with Gasteiger partial charge in [-0.3, -0.25) is 4.79 Å². The highest BCUT2D eigenvalue weighted by atomic mass is 16.4. The largest absolute Gasteiger partial charge is 0.480 e. The predicted molar refractivity (Wildman–Crippen MR) is 55.4 cm³/mol. The Hall–Kier alpha value is -1.35. The molecule has 0 aromatic heterocycles. The number of carboxylic acid groups (broad SMARTS) is 1. The van der Waals surface area contributed by atoms with E-state index < -0.39 is 12.0 Å². The van der Waals surface area contributed by atoms with Crippen molar-refractivity contribution in [1.29, 1.82) is 0 Å². The maximum atomic E-state index is 10.9. The van der Waals surface area contributed by atoms with Crippen LogP contribution in [0.3, 0.4) is 0 Å². The smallest absolute Gasteiger partial charge is 0.325 e. The number of hydrogen-bond acceptors (Lipinski definition) is 2. The summed E-state index contributed by atoms with van der Waals surface area (Å²) in [4.78, 5) is 10.9. The molecular formula is C11H15NO2. The highest BCUT2D eigenvalue weighted by molar-refractivity contribution is 5.75. The van der Waals surface area contributed by atoms with Crippen molar-refractivity contribution in [3.05, 3.63) is 34.9 Å². The lowest BCUT2D eigenvalue weighted by atomic mass is 10.0. The van der Waals surface area contributed by atoms with Gasteiger partial charge in [-0.05, 0) is 26.5 Å². The zero-order chi connectivity index (χ0) is 10.7. The molecular weight excluding hydrogens is 178 g/mol. The highest BCUT2D eigenvalue weighted by Gasteiger charge is 2.17. The molecule has 0 aliphatic rings. The number of rotatable bonds is 3. The number of aliphatic carboxylic acids is 1. The van der Waals surface area contributed by atoms with Crippen LogP contribution in [0.25, 0.3) is 0 Å². The second kappa shape index (κ2) is 4.24. The number of aryl methyl sites for hydroxylation is 2. The van der Waals surface area contributed by atoms with Gasteiger partial charge in [-0.15, -0.1) is 0 Å². The average molecular weight is 193 g/mol. The van der Waals surface area contributed by atoms with E-state index in [1.54, 1.807) is 7.05 Å². The summed E-state index contributed by atoms with van der Waals surface area (Å²) in [7, 11) is 1.65. The van der Waals surface area contributed by atoms with Crippen LogP contribution in [-0.4, -0.2) is 18.1 Å². The molecule has 0 amide bonds. The van der Waals surface area contributed by atoms with Crippen molar-refractivity contribution < 1.29 is 9.90 Å². The molecule has 0 aliphatic heterocycles. The summed E-state index contributed by atoms with van der Waals surface area (Å²) in [5, 5.41) is 11.7. The Labute approximate surface area is 83.8 Å². The van der Waals surface area contributed by atoms with Crippen LogP contribution < -0.4 is 5.32 Å². The fourth-order valence-electron chi connectivity index (χ4n) is 1.61. The van der Waals surface area contributed by atoms with E-state index in [9.17, 15) is 4.79 Å². The third kappa shape index (κ3) is 2.33. The molecule has 3 nitrogen and oxygen atoms in total. The Bertz CT molecular complexity index is 327. The number of likely N-dealkylation sites (N-methyl/N-ethyl adjacent to an activating group) is 1. The van der Waals surface area contributed by atoms with Crippen molar-refractivity contribution in [3.8, 4) is 0 Å². The van der Waals surface area contributed by atoms with Crippen LogP contribution >= 0.6 is 0 Å². The van der Waals surface area contributed by atoms with Crippen molar-refractivity contribution in [2.75, 3.05) is 7.05 Å². The summed E-state index contributed by atoms with van der Waals surface area (Å²) in [6.07, 6.45) is 0. The van der Waals surface area contributed by atoms with Crippen LogP contribution in [0.1, 0.15) is 22.7 Å². The van der Waals surface area contributed by atoms with E-state index in [0.717, 1.165) is 16.7 Å². The molecule has 1 atom stereocenters. The van der Waals surface area contributed by atoms with Gasteiger partial charge in [-0.2, -0.15) is 0 Å². The lowest BCUT2D eigenvalue weighted by Gasteiger charge is -2.12. The summed E-state index contributed by atoms with van der Waals surface area (Å²) in [5.74, 6) is -0.850. The molecule has 14 heavy (non-hydrogen) atoms. The van der Waals surface area contributed by atoms with E-state index in [4.69, 9.17) is 5.11 Å². The van der Waals surface area contributed by atoms with Crippen molar-refractivity contribution in [1.82, 2.24) is 5.32 Å². The molecule has 0 fully saturated rings. The number of benzene rings is 1. The maximum absolute atomic E-state index is 10.9. The van der Waals surface area contributed by atoms with Crippen molar-refractivity contribution in [2.24, 2.45) is 0 Å². The van der Waals surface area contributed by atoms with Crippen LogP contribution in [0.15, 0.2) is 18.2 Å². The molecule has 0 radical (unpaired) electrons. The summed E-state index contributed by atoms with van der Waals surface area (Å²) in [6, 6.07) is 5.19. The van der Waals surface area contributed by atoms with Gasteiger partial charge in [0.25, 0.3) is 0 Å². The molecule has 1 rings (SSSR count). The topological polar surface area (TPSA) is 49.3 Å². The van der Waals surface area contributed by atoms with Gasteiger partial charge >= 0.3 is 5.97 Å². The number of carbonyl (C=O) groups is 1. The van der Waals surface area contributed by atoms with Crippen LogP contribution in [0.4, 0.5) is 0 Å². The highest BCUT2D eigenvalue weighted by Crippen LogP contribution is 2.16. The molecule has 0 aliphatic carbocycles. The van der Waals surface area contributed by atoms with Gasteiger partial charge in [-0.25, -0.2) is 0 Å². The average Bonchev–Trinajstić information content (AvgIpc) is 2.02. The van der Waals surface area contributed by atoms with Crippen LogP contribution in [0, 0.1) is 13.8 Å². The van der Waals surface area contributed by atoms with Gasteiger partial charge in [0.1, 0.15) is 6.04 Å². The molecule has 1 aromatic carbocycles. The molecule has 0 heterocycles. The molecule has 1 aromatic rings. The lowest BCUT2D eigenvalue weighted by molar-refractivity contribution is -0.139. The van der Waals surface area contributed by atoms with Crippen LogP contribution in [0.5, 0.6) is 0 Å². The molecule has 0 bridgehead atoms. The molecule has 3 heteroatoms. The van der Waals surface area contributed by atoms with Gasteiger partial charge in [0, 0.05) is 0 Å². The SMILES string of the molecule is CNC(C(=O)O)c1cc(C)cc(C)c1. The predicted octanol–water partition coefficient (Wildman–Crippen LogP) is 1.65. The Morgan fingerprint density at radius 3 is 2.14 bits per heavy atom. The van der Waals surface area contributed by atoms with E-state index in [1.807, 2.05) is 32.0 Å². The van der Waals surface area contributed by atoms with Crippen LogP contribution in [-0.2, 0) is 4.79 Å². The molecule has 0 saturated heterocycles. The van der Waals surface area contributed by atoms with E-state index in [0.29, 0.717) is 0 Å². The monoisotopic (exact) mass is 193 g/mol. The Morgan fingerprint density at radius 2 is 1.79 bits per heavy atom. The molecule has 76 valence electrons. The summed E-state index contributed by atoms with van der Waals surface area (Å²) >= 11 is 0. The Morgan fingerprint density at radius 1 is 1.29 bits per heavy atom. The summed E-state index contributed by atoms with van der Waals surface area (Å²) < 4.78 is 0. The first-order valence-corrected chi connectivity index (χ1v) is 4.53. The third-order valence-electron chi connectivity index (χ3n) is 2.11. The Kier molecular flexibility index (Phi) is 3.25. The normalized spacial score (nSPS) is 12.5. The van der Waals surface area contributed by atoms with Crippen LogP contribution in [0.2, 0.25) is 0 Å². The minimum absolute atomic E-state index is 0.617. The first-order chi connectivity index (χ1) is 6.54. The van der Waals surface area contributed by atoms with Gasteiger partial charge < -0.3 is 10.4 Å². The zero-order valence-electron chi connectivity index (χ0n) is 8.66. The second-order valence-electron chi connectivity index (χ2n) is 3.48. The van der Waals surface area contributed by atoms with Gasteiger partial charge in [0.2, 0.25) is 0 Å². The first-order valence-electron chi connectivity index (χ1n) is 4.53. The fraction of sp³-hybridized carbons (Fsp3) is 0.364. The van der Waals surface area contributed by atoms with Gasteiger partial charge in [0.05, 0.1) is 0 Å². The fourth-order valence-corrected chi connectivity index (χ4v) is 1.61. The standard InChI is InChI=1S/C11H15NO2/c1-7-4-8(2)6-9(5-7)10(12-3)11(13)14/h4-6,10,12H,1-3H3,(H,13,14). The number of carboxylic acids is 1. The zero-order valence-corrected chi connectivity index (χ0v) is 8.66. The van der Waals surface area contributed by atoms with Gasteiger partial charge in [-0.1, -0.05) is 29.3 Å². The third-order valence-corrected chi connectivity index (χ3v) is 2.11. The van der Waals surface area contributed by atoms with Crippen molar-refractivity contribution >= 4 is 5.97 Å². The number of hydrogen-bond donors (Lipinski definition) is 2.